The molecule has 0 saturated carbocycles. The molecule has 0 aliphatic carbocycles. The van der Waals surface area contributed by atoms with Crippen LogP contribution in [-0.2, 0) is 14.3 Å². The number of carbonyl (C=O) groups excluding carboxylic acids is 2. The van der Waals surface area contributed by atoms with Crippen molar-refractivity contribution in [3.63, 3.8) is 0 Å². The van der Waals surface area contributed by atoms with E-state index in [9.17, 15) is 9.59 Å². The summed E-state index contributed by atoms with van der Waals surface area (Å²) in [6.45, 7) is 2.06. The summed E-state index contributed by atoms with van der Waals surface area (Å²) in [5, 5.41) is 2.93. The Labute approximate surface area is 82.7 Å². The van der Waals surface area contributed by atoms with Gasteiger partial charge in [0.25, 0.3) is 11.8 Å². The van der Waals surface area contributed by atoms with Crippen molar-refractivity contribution in [1.82, 2.24) is 10.2 Å². The Morgan fingerprint density at radius 2 is 1.93 bits per heavy atom. The molecule has 0 aromatic heterocycles. The highest BCUT2D eigenvalue weighted by molar-refractivity contribution is 6.12. The minimum absolute atomic E-state index is 0.257. The lowest BCUT2D eigenvalue weighted by atomic mass is 10.5. The number of rotatable bonds is 6. The molecule has 0 fully saturated rings. The van der Waals surface area contributed by atoms with E-state index in [1.807, 2.05) is 7.05 Å². The van der Waals surface area contributed by atoms with Crippen LogP contribution >= 0.6 is 0 Å². The first-order valence-corrected chi connectivity index (χ1v) is 4.51. The Morgan fingerprint density at radius 3 is 2.50 bits per heavy atom. The van der Waals surface area contributed by atoms with Gasteiger partial charge in [0.15, 0.2) is 0 Å². The largest absolute Gasteiger partial charge is 0.378 e. The summed E-state index contributed by atoms with van der Waals surface area (Å²) in [5.74, 6) is -0.514. The van der Waals surface area contributed by atoms with Gasteiger partial charge in [-0.15, -0.1) is 0 Å². The van der Waals surface area contributed by atoms with E-state index in [4.69, 9.17) is 4.74 Å². The first-order chi connectivity index (χ1) is 6.75. The van der Waals surface area contributed by atoms with Crippen LogP contribution in [0.3, 0.4) is 0 Å². The molecule has 1 aliphatic rings. The van der Waals surface area contributed by atoms with E-state index < -0.39 is 0 Å². The maximum atomic E-state index is 11.1. The quantitative estimate of drug-likeness (QED) is 0.446. The molecule has 1 aliphatic heterocycles. The third kappa shape index (κ3) is 2.93. The highest BCUT2D eigenvalue weighted by Gasteiger charge is 2.22. The van der Waals surface area contributed by atoms with Crippen molar-refractivity contribution in [2.24, 2.45) is 0 Å². The van der Waals surface area contributed by atoms with Crippen molar-refractivity contribution in [2.45, 2.75) is 0 Å². The van der Waals surface area contributed by atoms with Crippen molar-refractivity contribution in [1.29, 1.82) is 0 Å². The molecule has 78 valence electrons. The van der Waals surface area contributed by atoms with Gasteiger partial charge in [0, 0.05) is 18.7 Å². The normalized spacial score (nSPS) is 15.6. The lowest BCUT2D eigenvalue weighted by molar-refractivity contribution is -0.137. The number of hydrogen-bond donors (Lipinski definition) is 1. The first kappa shape index (κ1) is 10.9. The second-order valence-corrected chi connectivity index (χ2v) is 2.88. The number of amides is 2. The van der Waals surface area contributed by atoms with Gasteiger partial charge in [-0.3, -0.25) is 14.5 Å². The Balaban J connectivity index is 2.13. The fraction of sp³-hybridized carbons (Fsp3) is 0.556. The van der Waals surface area contributed by atoms with Gasteiger partial charge in [0.2, 0.25) is 0 Å². The minimum Gasteiger partial charge on any atom is -0.378 e. The Morgan fingerprint density at radius 1 is 1.29 bits per heavy atom. The molecule has 1 heterocycles. The Bertz CT molecular complexity index is 232. The summed E-state index contributed by atoms with van der Waals surface area (Å²) in [7, 11) is 1.83. The number of carbonyl (C=O) groups is 2. The highest BCUT2D eigenvalue weighted by Crippen LogP contribution is 2.02. The van der Waals surface area contributed by atoms with E-state index in [2.05, 4.69) is 5.32 Å². The molecule has 2 amide bonds. The SMILES string of the molecule is CNCCOCCN1C(=O)C=CC1=O. The number of likely N-dealkylation sites (N-methyl/N-ethyl adjacent to an activating group) is 1. The summed E-state index contributed by atoms with van der Waals surface area (Å²) < 4.78 is 5.20. The van der Waals surface area contributed by atoms with Gasteiger partial charge in [-0.05, 0) is 7.05 Å². The topological polar surface area (TPSA) is 58.6 Å². The minimum atomic E-state index is -0.257. The Kier molecular flexibility index (Phi) is 4.28. The van der Waals surface area contributed by atoms with Crippen molar-refractivity contribution in [3.8, 4) is 0 Å². The fourth-order valence-electron chi connectivity index (χ4n) is 1.08. The van der Waals surface area contributed by atoms with Crippen molar-refractivity contribution >= 4 is 11.8 Å². The highest BCUT2D eigenvalue weighted by atomic mass is 16.5. The van der Waals surface area contributed by atoms with Crippen LogP contribution in [0.15, 0.2) is 12.2 Å². The predicted molar refractivity (Wildman–Crippen MR) is 50.6 cm³/mol. The number of nitrogens with zero attached hydrogens (tertiary/aromatic N) is 1. The zero-order valence-corrected chi connectivity index (χ0v) is 8.16. The summed E-state index contributed by atoms with van der Waals surface area (Å²) in [6.07, 6.45) is 2.55. The second-order valence-electron chi connectivity index (χ2n) is 2.88. The number of nitrogens with one attached hydrogen (secondary N) is 1. The van der Waals surface area contributed by atoms with Crippen molar-refractivity contribution < 1.29 is 14.3 Å². The fourth-order valence-corrected chi connectivity index (χ4v) is 1.08. The molecule has 0 radical (unpaired) electrons. The van der Waals surface area contributed by atoms with Crippen LogP contribution in [0.25, 0.3) is 0 Å². The molecular weight excluding hydrogens is 184 g/mol. The smallest absolute Gasteiger partial charge is 0.253 e. The second kappa shape index (κ2) is 5.51. The zero-order valence-electron chi connectivity index (χ0n) is 8.16. The number of hydrogen-bond acceptors (Lipinski definition) is 4. The molecular formula is C9H14N2O3. The Hall–Kier alpha value is -1.20. The molecule has 0 bridgehead atoms. The van der Waals surface area contributed by atoms with Crippen LogP contribution in [0.4, 0.5) is 0 Å². The molecule has 0 unspecified atom stereocenters. The number of imide groups is 1. The van der Waals surface area contributed by atoms with Crippen LogP contribution in [-0.4, -0.2) is 50.1 Å². The lowest BCUT2D eigenvalue weighted by Crippen LogP contribution is -2.33. The van der Waals surface area contributed by atoms with E-state index in [1.165, 1.54) is 17.1 Å². The molecule has 5 heteroatoms. The lowest BCUT2D eigenvalue weighted by Gasteiger charge is -2.13. The molecule has 0 spiro atoms. The molecule has 0 atom stereocenters. The van der Waals surface area contributed by atoms with Gasteiger partial charge in [-0.1, -0.05) is 0 Å². The molecule has 1 rings (SSSR count). The van der Waals surface area contributed by atoms with E-state index in [0.29, 0.717) is 19.8 Å². The van der Waals surface area contributed by atoms with Gasteiger partial charge in [0.1, 0.15) is 0 Å². The summed E-state index contributed by atoms with van der Waals surface area (Å²) >= 11 is 0. The van der Waals surface area contributed by atoms with E-state index >= 15 is 0 Å². The first-order valence-electron chi connectivity index (χ1n) is 4.51. The van der Waals surface area contributed by atoms with E-state index in [1.54, 1.807) is 0 Å². The molecule has 0 aromatic carbocycles. The van der Waals surface area contributed by atoms with Crippen LogP contribution in [0.2, 0.25) is 0 Å². The molecule has 0 saturated heterocycles. The molecule has 5 nitrogen and oxygen atoms in total. The maximum Gasteiger partial charge on any atom is 0.253 e. The summed E-state index contributed by atoms with van der Waals surface area (Å²) in [6, 6.07) is 0. The molecule has 0 aromatic rings. The summed E-state index contributed by atoms with van der Waals surface area (Å²) in [5.41, 5.74) is 0. The molecule has 1 N–H and O–H groups in total. The standard InChI is InChI=1S/C9H14N2O3/c1-10-4-6-14-7-5-11-8(12)2-3-9(11)13/h2-3,10H,4-7H2,1H3. The van der Waals surface area contributed by atoms with Gasteiger partial charge in [-0.2, -0.15) is 0 Å². The summed E-state index contributed by atoms with van der Waals surface area (Å²) in [4.78, 5) is 23.3. The number of ether oxygens (including phenoxy) is 1. The monoisotopic (exact) mass is 198 g/mol. The van der Waals surface area contributed by atoms with Gasteiger partial charge < -0.3 is 10.1 Å². The maximum absolute atomic E-state index is 11.1. The van der Waals surface area contributed by atoms with Gasteiger partial charge in [-0.25, -0.2) is 0 Å². The molecule has 14 heavy (non-hydrogen) atoms. The zero-order chi connectivity index (χ0) is 10.4. The van der Waals surface area contributed by atoms with Crippen molar-refractivity contribution in [2.75, 3.05) is 33.4 Å². The predicted octanol–water partition coefficient (Wildman–Crippen LogP) is -0.853. The average Bonchev–Trinajstić information content (AvgIpc) is 2.48. The van der Waals surface area contributed by atoms with Gasteiger partial charge in [0.05, 0.1) is 19.8 Å². The van der Waals surface area contributed by atoms with Crippen LogP contribution in [0.1, 0.15) is 0 Å². The van der Waals surface area contributed by atoms with Gasteiger partial charge >= 0.3 is 0 Å². The third-order valence-electron chi connectivity index (χ3n) is 1.86. The van der Waals surface area contributed by atoms with Crippen LogP contribution in [0, 0.1) is 0 Å². The van der Waals surface area contributed by atoms with Crippen LogP contribution < -0.4 is 5.32 Å². The third-order valence-corrected chi connectivity index (χ3v) is 1.86. The average molecular weight is 198 g/mol. The van der Waals surface area contributed by atoms with E-state index in [-0.39, 0.29) is 11.8 Å². The van der Waals surface area contributed by atoms with Crippen molar-refractivity contribution in [3.05, 3.63) is 12.2 Å². The van der Waals surface area contributed by atoms with Crippen LogP contribution in [0.5, 0.6) is 0 Å². The van der Waals surface area contributed by atoms with E-state index in [0.717, 1.165) is 6.54 Å².